The average Bonchev–Trinajstić information content (AvgIpc) is 3.56. The monoisotopic (exact) mass is 513 g/mol. The van der Waals surface area contributed by atoms with Gasteiger partial charge in [-0.1, -0.05) is 17.7 Å². The third-order valence-corrected chi connectivity index (χ3v) is 7.70. The number of hydrogen-bond donors (Lipinski definition) is 3. The Morgan fingerprint density at radius 2 is 2.00 bits per heavy atom. The first kappa shape index (κ1) is 23.8. The predicted molar refractivity (Wildman–Crippen MR) is 139 cm³/mol. The average molecular weight is 514 g/mol. The van der Waals surface area contributed by atoms with Gasteiger partial charge in [0.25, 0.3) is 5.91 Å². The van der Waals surface area contributed by atoms with E-state index in [9.17, 15) is 9.59 Å². The van der Waals surface area contributed by atoms with Crippen molar-refractivity contribution in [2.24, 2.45) is 5.73 Å². The molecule has 1 saturated carbocycles. The van der Waals surface area contributed by atoms with E-state index in [1.54, 1.807) is 22.4 Å². The maximum Gasteiger partial charge on any atom is 0.314 e. The van der Waals surface area contributed by atoms with Crippen LogP contribution in [-0.2, 0) is 0 Å². The SMILES string of the molecule is NC(=O)N1CCN(CCCNc2ncc(Cl)c(-c3cc4c(C(=O)NC5CC5)cccc4s3)n2)CC1. The van der Waals surface area contributed by atoms with Gasteiger partial charge in [0.05, 0.1) is 16.1 Å². The Morgan fingerprint density at radius 3 is 2.74 bits per heavy atom. The summed E-state index contributed by atoms with van der Waals surface area (Å²) in [6.07, 6.45) is 4.63. The number of piperazine rings is 1. The number of nitrogens with one attached hydrogen (secondary N) is 2. The van der Waals surface area contributed by atoms with Crippen LogP contribution in [0, 0.1) is 0 Å². The lowest BCUT2D eigenvalue weighted by molar-refractivity contribution is 0.0952. The maximum absolute atomic E-state index is 12.7. The van der Waals surface area contributed by atoms with Crippen LogP contribution in [0.4, 0.5) is 10.7 Å². The smallest absolute Gasteiger partial charge is 0.314 e. The van der Waals surface area contributed by atoms with E-state index in [-0.39, 0.29) is 11.9 Å². The highest BCUT2D eigenvalue weighted by Crippen LogP contribution is 2.37. The third-order valence-electron chi connectivity index (χ3n) is 6.31. The molecule has 0 spiro atoms. The molecule has 3 heterocycles. The molecule has 1 aromatic carbocycles. The molecule has 2 aromatic heterocycles. The van der Waals surface area contributed by atoms with E-state index in [4.69, 9.17) is 17.3 Å². The molecule has 1 saturated heterocycles. The van der Waals surface area contributed by atoms with Gasteiger partial charge >= 0.3 is 6.03 Å². The summed E-state index contributed by atoms with van der Waals surface area (Å²) in [7, 11) is 0. The van der Waals surface area contributed by atoms with Gasteiger partial charge in [-0.2, -0.15) is 0 Å². The quantitative estimate of drug-likeness (QED) is 0.397. The molecule has 3 aromatic rings. The van der Waals surface area contributed by atoms with Gasteiger partial charge in [-0.3, -0.25) is 9.69 Å². The number of nitrogens with zero attached hydrogens (tertiary/aromatic N) is 4. The number of carbonyl (C=O) groups is 2. The zero-order valence-electron chi connectivity index (χ0n) is 19.3. The molecule has 11 heteroatoms. The molecular weight excluding hydrogens is 486 g/mol. The summed E-state index contributed by atoms with van der Waals surface area (Å²) in [5.41, 5.74) is 6.68. The van der Waals surface area contributed by atoms with Crippen LogP contribution < -0.4 is 16.4 Å². The Bertz CT molecular complexity index is 1240. The van der Waals surface area contributed by atoms with Crippen LogP contribution in [0.3, 0.4) is 0 Å². The van der Waals surface area contributed by atoms with Crippen molar-refractivity contribution in [2.75, 3.05) is 44.6 Å². The number of halogens is 1. The zero-order chi connectivity index (χ0) is 24.4. The van der Waals surface area contributed by atoms with Crippen molar-refractivity contribution >= 4 is 50.9 Å². The van der Waals surface area contributed by atoms with Crippen LogP contribution in [0.25, 0.3) is 20.7 Å². The van der Waals surface area contributed by atoms with Crippen molar-refractivity contribution in [1.82, 2.24) is 25.1 Å². The van der Waals surface area contributed by atoms with E-state index in [0.29, 0.717) is 41.4 Å². The second kappa shape index (κ2) is 10.3. The Hall–Kier alpha value is -2.95. The second-order valence-corrected chi connectivity index (χ2v) is 10.4. The number of rotatable bonds is 8. The van der Waals surface area contributed by atoms with Crippen molar-refractivity contribution in [3.63, 3.8) is 0 Å². The molecule has 1 aliphatic carbocycles. The number of urea groups is 1. The Balaban J connectivity index is 1.22. The summed E-state index contributed by atoms with van der Waals surface area (Å²) in [6, 6.07) is 7.73. The van der Waals surface area contributed by atoms with Gasteiger partial charge in [0.2, 0.25) is 5.95 Å². The first-order chi connectivity index (χ1) is 17.0. The molecule has 3 amide bonds. The lowest BCUT2D eigenvalue weighted by atomic mass is 10.1. The number of hydrogen-bond acceptors (Lipinski definition) is 7. The van der Waals surface area contributed by atoms with E-state index in [2.05, 4.69) is 25.5 Å². The molecule has 1 aliphatic heterocycles. The number of anilines is 1. The number of carbonyl (C=O) groups excluding carboxylic acids is 2. The van der Waals surface area contributed by atoms with E-state index in [1.807, 2.05) is 24.3 Å². The maximum atomic E-state index is 12.7. The molecule has 2 fully saturated rings. The van der Waals surface area contributed by atoms with Crippen LogP contribution in [-0.4, -0.2) is 77.0 Å². The third kappa shape index (κ3) is 5.66. The number of nitrogens with two attached hydrogens (primary N) is 1. The molecule has 0 bridgehead atoms. The molecular formula is C24H28ClN7O2S. The zero-order valence-corrected chi connectivity index (χ0v) is 20.9. The van der Waals surface area contributed by atoms with Gasteiger partial charge in [-0.15, -0.1) is 11.3 Å². The van der Waals surface area contributed by atoms with E-state index in [1.165, 1.54) is 0 Å². The topological polar surface area (TPSA) is 116 Å². The highest BCUT2D eigenvalue weighted by Gasteiger charge is 2.25. The van der Waals surface area contributed by atoms with E-state index in [0.717, 1.165) is 60.4 Å². The Labute approximate surface area is 212 Å². The van der Waals surface area contributed by atoms with Crippen molar-refractivity contribution < 1.29 is 9.59 Å². The van der Waals surface area contributed by atoms with Crippen molar-refractivity contribution in [1.29, 1.82) is 0 Å². The largest absolute Gasteiger partial charge is 0.354 e. The number of thiophene rings is 1. The van der Waals surface area contributed by atoms with Crippen molar-refractivity contribution in [3.8, 4) is 10.6 Å². The first-order valence-electron chi connectivity index (χ1n) is 11.8. The molecule has 35 heavy (non-hydrogen) atoms. The lowest BCUT2D eigenvalue weighted by Crippen LogP contribution is -2.50. The summed E-state index contributed by atoms with van der Waals surface area (Å²) in [5.74, 6) is 0.488. The number of amides is 3. The highest BCUT2D eigenvalue weighted by atomic mass is 35.5. The summed E-state index contributed by atoms with van der Waals surface area (Å²) >= 11 is 8.03. The van der Waals surface area contributed by atoms with Gasteiger partial charge in [0, 0.05) is 54.4 Å². The molecule has 9 nitrogen and oxygen atoms in total. The Morgan fingerprint density at radius 1 is 1.20 bits per heavy atom. The van der Waals surface area contributed by atoms with Gasteiger partial charge in [-0.25, -0.2) is 14.8 Å². The normalized spacial score (nSPS) is 16.4. The van der Waals surface area contributed by atoms with Crippen LogP contribution in [0.5, 0.6) is 0 Å². The second-order valence-electron chi connectivity index (χ2n) is 8.91. The highest BCUT2D eigenvalue weighted by molar-refractivity contribution is 7.22. The molecule has 0 radical (unpaired) electrons. The number of benzene rings is 1. The fraction of sp³-hybridized carbons (Fsp3) is 0.417. The predicted octanol–water partition coefficient (Wildman–Crippen LogP) is 3.40. The van der Waals surface area contributed by atoms with Gasteiger partial charge in [-0.05, 0) is 44.0 Å². The molecule has 184 valence electrons. The summed E-state index contributed by atoms with van der Waals surface area (Å²) in [5, 5.41) is 7.74. The van der Waals surface area contributed by atoms with Crippen molar-refractivity contribution in [3.05, 3.63) is 41.0 Å². The van der Waals surface area contributed by atoms with Crippen molar-refractivity contribution in [2.45, 2.75) is 25.3 Å². The van der Waals surface area contributed by atoms with Crippen LogP contribution in [0.1, 0.15) is 29.6 Å². The molecule has 4 N–H and O–H groups in total. The van der Waals surface area contributed by atoms with Gasteiger partial charge < -0.3 is 21.3 Å². The van der Waals surface area contributed by atoms with E-state index < -0.39 is 0 Å². The minimum Gasteiger partial charge on any atom is -0.354 e. The molecule has 0 unspecified atom stereocenters. The minimum absolute atomic E-state index is 0.0327. The van der Waals surface area contributed by atoms with Crippen LogP contribution in [0.15, 0.2) is 30.5 Å². The molecule has 5 rings (SSSR count). The number of fused-ring (bicyclic) bond motifs is 1. The van der Waals surface area contributed by atoms with Crippen LogP contribution >= 0.6 is 22.9 Å². The number of aromatic nitrogens is 2. The standard InChI is InChI=1S/C24H28ClN7O2S/c25-18-14-28-24(27-7-2-8-31-9-11-32(12-10-31)23(26)34)30-21(18)20-13-17-16(3-1-4-19(17)35-20)22(33)29-15-5-6-15/h1,3-4,13-15H,2,5-12H2,(H2,26,34)(H,29,33)(H,27,28,30). The van der Waals surface area contributed by atoms with Gasteiger partial charge in [0.1, 0.15) is 5.69 Å². The summed E-state index contributed by atoms with van der Waals surface area (Å²) in [4.78, 5) is 37.8. The first-order valence-corrected chi connectivity index (χ1v) is 13.0. The fourth-order valence-corrected chi connectivity index (χ4v) is 5.53. The molecule has 0 atom stereocenters. The molecule has 2 aliphatic rings. The summed E-state index contributed by atoms with van der Waals surface area (Å²) < 4.78 is 1.02. The Kier molecular flexibility index (Phi) is 7.03. The lowest BCUT2D eigenvalue weighted by Gasteiger charge is -2.33. The van der Waals surface area contributed by atoms with E-state index >= 15 is 0 Å². The fourth-order valence-electron chi connectivity index (χ4n) is 4.19. The minimum atomic E-state index is -0.349. The number of primary amides is 1. The van der Waals surface area contributed by atoms with Crippen LogP contribution in [0.2, 0.25) is 5.02 Å². The summed E-state index contributed by atoms with van der Waals surface area (Å²) in [6.45, 7) is 4.64. The van der Waals surface area contributed by atoms with Gasteiger partial charge in [0.15, 0.2) is 0 Å².